The highest BCUT2D eigenvalue weighted by Gasteiger charge is 2.14. The molecule has 3 rings (SSSR count). The van der Waals surface area contributed by atoms with Gasteiger partial charge in [-0.05, 0) is 56.4 Å². The fourth-order valence-corrected chi connectivity index (χ4v) is 3.27. The molecule has 2 aromatic carbocycles. The number of nitrogens with one attached hydrogen (secondary N) is 1. The second-order valence-corrected chi connectivity index (χ2v) is 7.15. The van der Waals surface area contributed by atoms with Crippen LogP contribution in [0.3, 0.4) is 0 Å². The van der Waals surface area contributed by atoms with Gasteiger partial charge in [-0.25, -0.2) is 0 Å². The number of aryl methyl sites for hydroxylation is 2. The van der Waals surface area contributed by atoms with Gasteiger partial charge in [0, 0.05) is 37.6 Å². The first kappa shape index (κ1) is 19.0. The Morgan fingerprint density at radius 1 is 1.15 bits per heavy atom. The van der Waals surface area contributed by atoms with Crippen molar-refractivity contribution in [1.29, 1.82) is 0 Å². The summed E-state index contributed by atoms with van der Waals surface area (Å²) >= 11 is 0. The number of likely N-dealkylation sites (N-methyl/N-ethyl adjacent to an activating group) is 1. The Hall–Kier alpha value is -2.79. The van der Waals surface area contributed by atoms with Crippen LogP contribution in [0, 0.1) is 6.92 Å². The summed E-state index contributed by atoms with van der Waals surface area (Å²) in [6.45, 7) is 3.73. The molecule has 5 nitrogen and oxygen atoms in total. The fraction of sp³-hybridized carbons (Fsp3) is 0.318. The van der Waals surface area contributed by atoms with Crippen molar-refractivity contribution < 1.29 is 4.74 Å². The Morgan fingerprint density at radius 2 is 1.85 bits per heavy atom. The molecule has 3 aromatic rings. The van der Waals surface area contributed by atoms with E-state index in [1.165, 1.54) is 0 Å². The molecule has 27 heavy (non-hydrogen) atoms. The first-order chi connectivity index (χ1) is 12.9. The maximum Gasteiger partial charge on any atom is 0.199 e. The third kappa shape index (κ3) is 3.98. The van der Waals surface area contributed by atoms with Crippen LogP contribution in [0.5, 0.6) is 5.75 Å². The minimum atomic E-state index is 0.0422. The minimum absolute atomic E-state index is 0.0422. The molecular formula is C22H27N3O2. The number of benzene rings is 2. The first-order valence-electron chi connectivity index (χ1n) is 9.07. The van der Waals surface area contributed by atoms with Crippen LogP contribution < -0.4 is 15.5 Å². The van der Waals surface area contributed by atoms with Crippen LogP contribution in [-0.4, -0.2) is 43.8 Å². The minimum Gasteiger partial charge on any atom is -0.497 e. The molecule has 0 aliphatic carbocycles. The molecule has 0 spiro atoms. The van der Waals surface area contributed by atoms with Crippen LogP contribution in [0.2, 0.25) is 0 Å². The molecule has 0 aliphatic rings. The Balaban J connectivity index is 2.15. The van der Waals surface area contributed by atoms with E-state index in [4.69, 9.17) is 4.74 Å². The Morgan fingerprint density at radius 3 is 2.48 bits per heavy atom. The van der Waals surface area contributed by atoms with Crippen molar-refractivity contribution in [1.82, 2.24) is 9.47 Å². The molecule has 1 N–H and O–H groups in total. The lowest BCUT2D eigenvalue weighted by Crippen LogP contribution is -2.22. The molecular weight excluding hydrogens is 338 g/mol. The molecule has 0 fully saturated rings. The van der Waals surface area contributed by atoms with Crippen LogP contribution in [0.15, 0.2) is 47.4 Å². The van der Waals surface area contributed by atoms with Gasteiger partial charge in [0.2, 0.25) is 0 Å². The molecule has 1 heterocycles. The van der Waals surface area contributed by atoms with Gasteiger partial charge in [0.1, 0.15) is 5.75 Å². The van der Waals surface area contributed by atoms with Crippen molar-refractivity contribution in [2.24, 2.45) is 7.05 Å². The number of anilines is 1. The molecule has 5 heteroatoms. The fourth-order valence-electron chi connectivity index (χ4n) is 3.27. The average molecular weight is 365 g/mol. The number of nitrogens with zero attached hydrogens (tertiary/aromatic N) is 2. The molecule has 0 saturated heterocycles. The molecule has 0 atom stereocenters. The maximum absolute atomic E-state index is 13.4. The van der Waals surface area contributed by atoms with Crippen molar-refractivity contribution in [3.63, 3.8) is 0 Å². The Kier molecular flexibility index (Phi) is 5.51. The van der Waals surface area contributed by atoms with Gasteiger partial charge < -0.3 is 19.5 Å². The average Bonchev–Trinajstić information content (AvgIpc) is 2.64. The number of hydrogen-bond acceptors (Lipinski definition) is 4. The quantitative estimate of drug-likeness (QED) is 0.726. The number of pyridine rings is 1. The van der Waals surface area contributed by atoms with E-state index in [0.29, 0.717) is 5.56 Å². The molecule has 1 aromatic heterocycles. The molecule has 0 radical (unpaired) electrons. The lowest BCUT2D eigenvalue weighted by Gasteiger charge is -2.16. The number of fused-ring (bicyclic) bond motifs is 1. The summed E-state index contributed by atoms with van der Waals surface area (Å²) in [5.41, 5.74) is 4.57. The van der Waals surface area contributed by atoms with Gasteiger partial charge in [-0.2, -0.15) is 0 Å². The summed E-state index contributed by atoms with van der Waals surface area (Å²) < 4.78 is 7.26. The van der Waals surface area contributed by atoms with E-state index in [1.807, 2.05) is 56.2 Å². The topological polar surface area (TPSA) is 46.5 Å². The van der Waals surface area contributed by atoms with E-state index in [0.717, 1.165) is 46.6 Å². The van der Waals surface area contributed by atoms with Crippen molar-refractivity contribution in [3.05, 3.63) is 58.4 Å². The highest BCUT2D eigenvalue weighted by atomic mass is 16.5. The third-order valence-corrected chi connectivity index (χ3v) is 4.71. The zero-order valence-corrected chi connectivity index (χ0v) is 16.7. The maximum atomic E-state index is 13.4. The van der Waals surface area contributed by atoms with Gasteiger partial charge in [-0.15, -0.1) is 0 Å². The van der Waals surface area contributed by atoms with Gasteiger partial charge >= 0.3 is 0 Å². The molecule has 0 saturated carbocycles. The van der Waals surface area contributed by atoms with Crippen LogP contribution in [0.1, 0.15) is 5.56 Å². The first-order valence-corrected chi connectivity index (χ1v) is 9.07. The SMILES string of the molecule is COc1ccc(-c2cn(C)c3cc(C)cc(NCCN(C)C)c3c2=O)cc1. The van der Waals surface area contributed by atoms with Crippen molar-refractivity contribution in [2.45, 2.75) is 6.92 Å². The number of rotatable bonds is 6. The standard InChI is InChI=1S/C22H27N3O2/c1-15-12-19(23-10-11-24(2)3)21-20(13-15)25(4)14-18(22(21)26)16-6-8-17(27-5)9-7-16/h6-9,12-14,23H,10-11H2,1-5H3. The predicted molar refractivity (Wildman–Crippen MR) is 113 cm³/mol. The van der Waals surface area contributed by atoms with E-state index < -0.39 is 0 Å². The van der Waals surface area contributed by atoms with Gasteiger partial charge in [-0.1, -0.05) is 12.1 Å². The van der Waals surface area contributed by atoms with Crippen LogP contribution in [0.25, 0.3) is 22.0 Å². The third-order valence-electron chi connectivity index (χ3n) is 4.71. The normalized spacial score (nSPS) is 11.2. The van der Waals surface area contributed by atoms with E-state index in [2.05, 4.69) is 29.3 Å². The zero-order chi connectivity index (χ0) is 19.6. The Labute approximate surface area is 160 Å². The van der Waals surface area contributed by atoms with E-state index in [1.54, 1.807) is 7.11 Å². The summed E-state index contributed by atoms with van der Waals surface area (Å²) in [7, 11) is 7.70. The summed E-state index contributed by atoms with van der Waals surface area (Å²) in [6, 6.07) is 11.7. The predicted octanol–water partition coefficient (Wildman–Crippen LogP) is 3.50. The summed E-state index contributed by atoms with van der Waals surface area (Å²) in [5.74, 6) is 0.776. The number of methoxy groups -OCH3 is 1. The molecule has 0 amide bonds. The smallest absolute Gasteiger partial charge is 0.199 e. The van der Waals surface area contributed by atoms with Gasteiger partial charge in [0.25, 0.3) is 0 Å². The number of aromatic nitrogens is 1. The van der Waals surface area contributed by atoms with Crippen LogP contribution in [0.4, 0.5) is 5.69 Å². The van der Waals surface area contributed by atoms with Gasteiger partial charge in [0.05, 0.1) is 18.0 Å². The summed E-state index contributed by atoms with van der Waals surface area (Å²) in [4.78, 5) is 15.5. The van der Waals surface area contributed by atoms with Crippen LogP contribution in [-0.2, 0) is 7.05 Å². The second-order valence-electron chi connectivity index (χ2n) is 7.15. The highest BCUT2D eigenvalue weighted by molar-refractivity contribution is 5.95. The molecule has 0 bridgehead atoms. The van der Waals surface area contributed by atoms with Gasteiger partial charge in [-0.3, -0.25) is 4.79 Å². The number of hydrogen-bond donors (Lipinski definition) is 1. The van der Waals surface area contributed by atoms with E-state index in [9.17, 15) is 4.79 Å². The lowest BCUT2D eigenvalue weighted by molar-refractivity contribution is 0.415. The second kappa shape index (κ2) is 7.84. The number of ether oxygens (including phenoxy) is 1. The highest BCUT2D eigenvalue weighted by Crippen LogP contribution is 2.27. The van der Waals surface area contributed by atoms with E-state index >= 15 is 0 Å². The summed E-state index contributed by atoms with van der Waals surface area (Å²) in [6.07, 6.45) is 1.91. The van der Waals surface area contributed by atoms with E-state index in [-0.39, 0.29) is 5.43 Å². The van der Waals surface area contributed by atoms with Crippen molar-refractivity contribution in [3.8, 4) is 16.9 Å². The Bertz CT molecular complexity index is 1000. The van der Waals surface area contributed by atoms with Gasteiger partial charge in [0.15, 0.2) is 5.43 Å². The monoisotopic (exact) mass is 365 g/mol. The van der Waals surface area contributed by atoms with Crippen LogP contribution >= 0.6 is 0 Å². The van der Waals surface area contributed by atoms with Crippen molar-refractivity contribution in [2.75, 3.05) is 39.6 Å². The molecule has 142 valence electrons. The lowest BCUT2D eigenvalue weighted by atomic mass is 10.0. The summed E-state index contributed by atoms with van der Waals surface area (Å²) in [5, 5.41) is 4.18. The zero-order valence-electron chi connectivity index (χ0n) is 16.7. The van der Waals surface area contributed by atoms with Crippen molar-refractivity contribution >= 4 is 16.6 Å². The molecule has 0 unspecified atom stereocenters. The largest absolute Gasteiger partial charge is 0.497 e. The molecule has 0 aliphatic heterocycles.